The molecule has 0 aliphatic rings. The van der Waals surface area contributed by atoms with Crippen molar-refractivity contribution in [2.45, 2.75) is 6.61 Å². The van der Waals surface area contributed by atoms with Gasteiger partial charge in [0.2, 0.25) is 0 Å². The van der Waals surface area contributed by atoms with Crippen LogP contribution in [0.4, 0.5) is 0 Å². The topological polar surface area (TPSA) is 35.2 Å². The van der Waals surface area contributed by atoms with E-state index >= 15 is 0 Å². The first-order valence-electron chi connectivity index (χ1n) is 4.13. The molecule has 0 heterocycles. The molecule has 0 saturated carbocycles. The molecule has 0 saturated heterocycles. The normalized spacial score (nSPS) is 9.08. The van der Waals surface area contributed by atoms with E-state index in [1.807, 2.05) is 24.3 Å². The van der Waals surface area contributed by atoms with Gasteiger partial charge in [-0.15, -0.1) is 0 Å². The van der Waals surface area contributed by atoms with E-state index in [0.29, 0.717) is 13.2 Å². The fourth-order valence-corrected chi connectivity index (χ4v) is 1.06. The van der Waals surface area contributed by atoms with E-state index in [4.69, 9.17) is 10.5 Å². The minimum absolute atomic E-state index is 0.397. The van der Waals surface area contributed by atoms with E-state index in [9.17, 15) is 0 Å². The maximum atomic E-state index is 5.27. The maximum absolute atomic E-state index is 5.27. The van der Waals surface area contributed by atoms with E-state index < -0.39 is 0 Å². The van der Waals surface area contributed by atoms with Gasteiger partial charge in [0, 0.05) is 12.7 Å². The zero-order chi connectivity index (χ0) is 9.52. The molecule has 0 spiro atoms. The van der Waals surface area contributed by atoms with E-state index in [1.165, 1.54) is 0 Å². The molecular weight excluding hydrogens is 162 g/mol. The van der Waals surface area contributed by atoms with Crippen LogP contribution in [-0.2, 0) is 11.3 Å². The van der Waals surface area contributed by atoms with Gasteiger partial charge in [0.05, 0.1) is 13.2 Å². The number of ether oxygens (including phenoxy) is 1. The molecule has 0 unspecified atom stereocenters. The molecule has 0 radical (unpaired) electrons. The fraction of sp³-hybridized carbons (Fsp3) is 0.273. The lowest BCUT2D eigenvalue weighted by atomic mass is 10.1. The first-order valence-corrected chi connectivity index (χ1v) is 4.13. The lowest BCUT2D eigenvalue weighted by Crippen LogP contribution is -1.93. The Kier molecular flexibility index (Phi) is 4.04. The third-order valence-electron chi connectivity index (χ3n) is 1.57. The van der Waals surface area contributed by atoms with Crippen molar-refractivity contribution in [2.75, 3.05) is 13.7 Å². The molecule has 2 N–H and O–H groups in total. The quantitative estimate of drug-likeness (QED) is 0.684. The largest absolute Gasteiger partial charge is 0.380 e. The molecule has 1 rings (SSSR count). The second-order valence-corrected chi connectivity index (χ2v) is 2.64. The van der Waals surface area contributed by atoms with E-state index in [2.05, 4.69) is 11.8 Å². The highest BCUT2D eigenvalue weighted by molar-refractivity contribution is 5.37. The van der Waals surface area contributed by atoms with Gasteiger partial charge in [-0.05, 0) is 17.7 Å². The van der Waals surface area contributed by atoms with Crippen molar-refractivity contribution in [2.24, 2.45) is 5.73 Å². The predicted molar refractivity (Wildman–Crippen MR) is 53.1 cm³/mol. The first kappa shape index (κ1) is 9.79. The van der Waals surface area contributed by atoms with Gasteiger partial charge in [-0.3, -0.25) is 0 Å². The van der Waals surface area contributed by atoms with Crippen LogP contribution >= 0.6 is 0 Å². The molecule has 0 amide bonds. The van der Waals surface area contributed by atoms with Gasteiger partial charge >= 0.3 is 0 Å². The van der Waals surface area contributed by atoms with Crippen LogP contribution in [0, 0.1) is 11.8 Å². The van der Waals surface area contributed by atoms with Crippen molar-refractivity contribution in [1.29, 1.82) is 0 Å². The summed E-state index contributed by atoms with van der Waals surface area (Å²) in [5, 5.41) is 0. The zero-order valence-corrected chi connectivity index (χ0v) is 7.71. The minimum Gasteiger partial charge on any atom is -0.380 e. The van der Waals surface area contributed by atoms with Crippen molar-refractivity contribution in [1.82, 2.24) is 0 Å². The minimum atomic E-state index is 0.397. The summed E-state index contributed by atoms with van der Waals surface area (Å²) in [6.07, 6.45) is 0. The van der Waals surface area contributed by atoms with Crippen LogP contribution in [0.2, 0.25) is 0 Å². The molecule has 0 atom stereocenters. The molecule has 2 nitrogen and oxygen atoms in total. The van der Waals surface area contributed by atoms with E-state index in [-0.39, 0.29) is 0 Å². The van der Waals surface area contributed by atoms with Gasteiger partial charge in [-0.2, -0.15) is 0 Å². The van der Waals surface area contributed by atoms with Gasteiger partial charge in [0.25, 0.3) is 0 Å². The third-order valence-corrected chi connectivity index (χ3v) is 1.57. The van der Waals surface area contributed by atoms with Crippen molar-refractivity contribution in [3.63, 3.8) is 0 Å². The SMILES string of the molecule is COCc1cccc(C#CCN)c1. The highest BCUT2D eigenvalue weighted by Crippen LogP contribution is 2.04. The molecule has 0 aliphatic heterocycles. The summed E-state index contributed by atoms with van der Waals surface area (Å²) >= 11 is 0. The summed E-state index contributed by atoms with van der Waals surface area (Å²) in [5.74, 6) is 5.78. The summed E-state index contributed by atoms with van der Waals surface area (Å²) in [7, 11) is 1.68. The van der Waals surface area contributed by atoms with Crippen LogP contribution < -0.4 is 5.73 Å². The first-order chi connectivity index (χ1) is 6.36. The predicted octanol–water partition coefficient (Wildman–Crippen LogP) is 1.14. The van der Waals surface area contributed by atoms with Gasteiger partial charge in [0.1, 0.15) is 0 Å². The zero-order valence-electron chi connectivity index (χ0n) is 7.71. The highest BCUT2D eigenvalue weighted by atomic mass is 16.5. The van der Waals surface area contributed by atoms with Crippen LogP contribution in [0.1, 0.15) is 11.1 Å². The summed E-state index contributed by atoms with van der Waals surface area (Å²) in [6.45, 7) is 1.02. The molecule has 0 fully saturated rings. The Hall–Kier alpha value is -1.30. The Morgan fingerprint density at radius 2 is 2.31 bits per heavy atom. The average Bonchev–Trinajstić information content (AvgIpc) is 2.16. The Labute approximate surface area is 78.7 Å². The van der Waals surface area contributed by atoms with Crippen molar-refractivity contribution >= 4 is 0 Å². The van der Waals surface area contributed by atoms with Crippen molar-refractivity contribution < 1.29 is 4.74 Å². The van der Waals surface area contributed by atoms with Crippen molar-refractivity contribution in [3.05, 3.63) is 35.4 Å². The van der Waals surface area contributed by atoms with Crippen LogP contribution in [0.25, 0.3) is 0 Å². The van der Waals surface area contributed by atoms with E-state index in [0.717, 1.165) is 11.1 Å². The van der Waals surface area contributed by atoms with Crippen LogP contribution in [0.5, 0.6) is 0 Å². The van der Waals surface area contributed by atoms with Gasteiger partial charge in [0.15, 0.2) is 0 Å². The molecule has 0 aliphatic carbocycles. The third kappa shape index (κ3) is 3.29. The number of benzene rings is 1. The Bertz CT molecular complexity index is 322. The number of hydrogen-bond acceptors (Lipinski definition) is 2. The summed E-state index contributed by atoms with van der Waals surface area (Å²) in [4.78, 5) is 0. The number of rotatable bonds is 2. The second kappa shape index (κ2) is 5.36. The fourth-order valence-electron chi connectivity index (χ4n) is 1.06. The molecule has 0 aromatic heterocycles. The number of hydrogen-bond donors (Lipinski definition) is 1. The number of nitrogens with two attached hydrogens (primary N) is 1. The lowest BCUT2D eigenvalue weighted by molar-refractivity contribution is 0.185. The maximum Gasteiger partial charge on any atom is 0.0713 e. The lowest BCUT2D eigenvalue weighted by Gasteiger charge is -1.98. The Morgan fingerprint density at radius 3 is 3.00 bits per heavy atom. The standard InChI is InChI=1S/C11H13NO/c1-13-9-11-5-2-4-10(8-11)6-3-7-12/h2,4-5,8H,7,9,12H2,1H3. The average molecular weight is 175 g/mol. The molecule has 68 valence electrons. The second-order valence-electron chi connectivity index (χ2n) is 2.64. The summed E-state index contributed by atoms with van der Waals surface area (Å²) < 4.78 is 5.01. The molecule has 1 aromatic carbocycles. The monoisotopic (exact) mass is 175 g/mol. The molecular formula is C11H13NO. The summed E-state index contributed by atoms with van der Waals surface area (Å²) in [6, 6.07) is 7.94. The van der Waals surface area contributed by atoms with Gasteiger partial charge in [-0.1, -0.05) is 24.0 Å². The molecule has 13 heavy (non-hydrogen) atoms. The highest BCUT2D eigenvalue weighted by Gasteiger charge is 1.91. The molecule has 2 heteroatoms. The number of methoxy groups -OCH3 is 1. The Morgan fingerprint density at radius 1 is 1.46 bits per heavy atom. The van der Waals surface area contributed by atoms with Gasteiger partial charge < -0.3 is 10.5 Å². The van der Waals surface area contributed by atoms with Crippen LogP contribution in [0.15, 0.2) is 24.3 Å². The van der Waals surface area contributed by atoms with Crippen LogP contribution in [-0.4, -0.2) is 13.7 Å². The molecule has 1 aromatic rings. The van der Waals surface area contributed by atoms with E-state index in [1.54, 1.807) is 7.11 Å². The van der Waals surface area contributed by atoms with Crippen molar-refractivity contribution in [3.8, 4) is 11.8 Å². The smallest absolute Gasteiger partial charge is 0.0713 e. The van der Waals surface area contributed by atoms with Crippen LogP contribution in [0.3, 0.4) is 0 Å². The van der Waals surface area contributed by atoms with Gasteiger partial charge in [-0.25, -0.2) is 0 Å². The molecule has 0 bridgehead atoms. The Balaban J connectivity index is 2.79. The summed E-state index contributed by atoms with van der Waals surface area (Å²) in [5.41, 5.74) is 7.39.